The number of imidazole rings is 1. The van der Waals surface area contributed by atoms with Crippen LogP contribution in [0.3, 0.4) is 0 Å². The third-order valence-electron chi connectivity index (χ3n) is 6.96. The fourth-order valence-electron chi connectivity index (χ4n) is 4.74. The van der Waals surface area contributed by atoms with Crippen LogP contribution in [0.4, 0.5) is 10.1 Å². The van der Waals surface area contributed by atoms with Crippen molar-refractivity contribution in [1.82, 2.24) is 30.1 Å². The molecule has 0 saturated heterocycles. The smallest absolute Gasteiger partial charge is 0.157 e. The van der Waals surface area contributed by atoms with E-state index < -0.39 is 5.82 Å². The Labute approximate surface area is 227 Å². The highest BCUT2D eigenvalue weighted by Gasteiger charge is 2.25. The van der Waals surface area contributed by atoms with Gasteiger partial charge >= 0.3 is 0 Å². The van der Waals surface area contributed by atoms with Gasteiger partial charge in [-0.3, -0.25) is 15.1 Å². The third-order valence-corrected chi connectivity index (χ3v) is 8.21. The van der Waals surface area contributed by atoms with Gasteiger partial charge in [-0.05, 0) is 73.2 Å². The minimum absolute atomic E-state index is 0.251. The molecule has 3 N–H and O–H groups in total. The van der Waals surface area contributed by atoms with Crippen LogP contribution in [-0.4, -0.2) is 30.1 Å². The molecule has 9 heteroatoms. The molecule has 0 atom stereocenters. The number of benzene rings is 1. The molecular weight excluding hydrogens is 509 g/mol. The van der Waals surface area contributed by atoms with Crippen molar-refractivity contribution in [2.75, 3.05) is 5.32 Å². The number of nitrogens with one attached hydrogen (secondary N) is 3. The van der Waals surface area contributed by atoms with Gasteiger partial charge in [0.1, 0.15) is 22.4 Å². The van der Waals surface area contributed by atoms with Crippen LogP contribution < -0.4 is 5.32 Å². The van der Waals surface area contributed by atoms with Gasteiger partial charge in [0.25, 0.3) is 0 Å². The van der Waals surface area contributed by atoms with Gasteiger partial charge in [-0.2, -0.15) is 5.10 Å². The van der Waals surface area contributed by atoms with Crippen LogP contribution in [0, 0.1) is 11.7 Å². The molecule has 0 aliphatic heterocycles. The van der Waals surface area contributed by atoms with Gasteiger partial charge in [0.2, 0.25) is 0 Å². The lowest BCUT2D eigenvalue weighted by atomic mass is 10.0. The second-order valence-corrected chi connectivity index (χ2v) is 11.0. The maximum Gasteiger partial charge on any atom is 0.157 e. The number of nitrogens with zero attached hydrogens (tertiary/aromatic N) is 4. The minimum Gasteiger partial charge on any atom is -0.358 e. The molecule has 1 aliphatic carbocycles. The molecule has 1 saturated carbocycles. The van der Waals surface area contributed by atoms with Crippen molar-refractivity contribution >= 4 is 44.5 Å². The number of anilines is 1. The number of rotatable bonds is 7. The number of H-pyrrole nitrogens is 2. The summed E-state index contributed by atoms with van der Waals surface area (Å²) in [4.78, 5) is 19.3. The van der Waals surface area contributed by atoms with E-state index in [1.165, 1.54) is 6.07 Å². The molecule has 1 aliphatic rings. The number of halogens is 1. The summed E-state index contributed by atoms with van der Waals surface area (Å²) in [6.45, 7) is 10.2. The zero-order valence-corrected chi connectivity index (χ0v) is 22.0. The average molecular weight is 534 g/mol. The van der Waals surface area contributed by atoms with Gasteiger partial charge in [0, 0.05) is 33.9 Å². The lowest BCUT2D eigenvalue weighted by Gasteiger charge is -2.10. The average Bonchev–Trinajstić information content (AvgIpc) is 3.31. The maximum absolute atomic E-state index is 15.3. The molecule has 1 aromatic carbocycles. The van der Waals surface area contributed by atoms with Crippen LogP contribution in [0.1, 0.15) is 24.6 Å². The molecule has 1 fully saturated rings. The first kappa shape index (κ1) is 23.5. The van der Waals surface area contributed by atoms with E-state index >= 15 is 4.39 Å². The molecule has 0 spiro atoms. The molecular formula is C30H24FN7S. The fraction of sp³-hybridized carbons (Fsp3) is 0.133. The van der Waals surface area contributed by atoms with E-state index in [0.29, 0.717) is 28.4 Å². The zero-order chi connectivity index (χ0) is 26.7. The molecule has 5 heterocycles. The van der Waals surface area contributed by atoms with Crippen molar-refractivity contribution in [2.45, 2.75) is 19.8 Å². The number of pyridine rings is 2. The minimum atomic E-state index is -0.421. The summed E-state index contributed by atoms with van der Waals surface area (Å²) in [7, 11) is 0. The van der Waals surface area contributed by atoms with Gasteiger partial charge in [0.15, 0.2) is 11.6 Å². The SMILES string of the molecule is C=C(C)c1ccc(-c2nccc3[nH]c(-c4[nH]nc5c(F)cc(-c6cncc(NC(=C)C7CC7)c6)cc45)nc23)s1. The second-order valence-electron chi connectivity index (χ2n) is 9.93. The molecule has 7 rings (SSSR count). The van der Waals surface area contributed by atoms with Gasteiger partial charge in [-0.15, -0.1) is 11.3 Å². The fourth-order valence-corrected chi connectivity index (χ4v) is 5.67. The summed E-state index contributed by atoms with van der Waals surface area (Å²) in [5.74, 6) is 0.655. The number of thiophene rings is 1. The largest absolute Gasteiger partial charge is 0.358 e. The summed E-state index contributed by atoms with van der Waals surface area (Å²) in [6, 6.07) is 11.3. The summed E-state index contributed by atoms with van der Waals surface area (Å²) in [5.41, 5.74) is 7.52. The lowest BCUT2D eigenvalue weighted by molar-refractivity contribution is 0.636. The third kappa shape index (κ3) is 4.21. The number of aromatic nitrogens is 6. The Morgan fingerprint density at radius 2 is 1.95 bits per heavy atom. The first-order valence-corrected chi connectivity index (χ1v) is 13.5. The standard InChI is InChI=1S/C30H24FN7S/c1-15(2)24-6-7-25(39-24)29-28-23(8-9-33-29)35-30(36-28)27-21-11-18(12-22(31)26(21)37-38-27)19-10-20(14-32-13-19)34-16(3)17-4-5-17/h6-14,17,34H,1,3-5H2,2H3,(H,35,36)(H,37,38). The van der Waals surface area contributed by atoms with Crippen molar-refractivity contribution in [3.63, 3.8) is 0 Å². The summed E-state index contributed by atoms with van der Waals surface area (Å²) >= 11 is 1.63. The number of allylic oxidation sites excluding steroid dienone is 2. The highest BCUT2D eigenvalue weighted by molar-refractivity contribution is 7.16. The first-order chi connectivity index (χ1) is 18.9. The lowest BCUT2D eigenvalue weighted by Crippen LogP contribution is -2.00. The molecule has 7 nitrogen and oxygen atoms in total. The van der Waals surface area contributed by atoms with E-state index in [9.17, 15) is 0 Å². The molecule has 0 bridgehead atoms. The van der Waals surface area contributed by atoms with E-state index in [1.807, 2.05) is 37.3 Å². The van der Waals surface area contributed by atoms with Crippen LogP contribution in [0.2, 0.25) is 0 Å². The molecule has 6 aromatic rings. The number of fused-ring (bicyclic) bond motifs is 2. The van der Waals surface area contributed by atoms with Crippen LogP contribution in [0.25, 0.3) is 60.7 Å². The predicted octanol–water partition coefficient (Wildman–Crippen LogP) is 7.80. The van der Waals surface area contributed by atoms with E-state index in [-0.39, 0.29) is 5.52 Å². The van der Waals surface area contributed by atoms with E-state index in [0.717, 1.165) is 61.8 Å². The Hall–Kier alpha value is -4.63. The quantitative estimate of drug-likeness (QED) is 0.195. The van der Waals surface area contributed by atoms with E-state index in [2.05, 4.69) is 43.6 Å². The number of hydrogen-bond donors (Lipinski definition) is 3. The van der Waals surface area contributed by atoms with Crippen molar-refractivity contribution < 1.29 is 4.39 Å². The monoisotopic (exact) mass is 533 g/mol. The van der Waals surface area contributed by atoms with Crippen LogP contribution in [-0.2, 0) is 0 Å². The zero-order valence-electron chi connectivity index (χ0n) is 21.2. The van der Waals surface area contributed by atoms with Gasteiger partial charge in [-0.25, -0.2) is 9.37 Å². The van der Waals surface area contributed by atoms with Crippen LogP contribution in [0.5, 0.6) is 0 Å². The Morgan fingerprint density at radius 1 is 1.08 bits per heavy atom. The van der Waals surface area contributed by atoms with Crippen LogP contribution >= 0.6 is 11.3 Å². The molecule has 0 radical (unpaired) electrons. The van der Waals surface area contributed by atoms with Crippen molar-refractivity contribution in [1.29, 1.82) is 0 Å². The first-order valence-electron chi connectivity index (χ1n) is 12.6. The number of hydrogen-bond acceptors (Lipinski definition) is 6. The topological polar surface area (TPSA) is 95.2 Å². The highest BCUT2D eigenvalue weighted by Crippen LogP contribution is 2.38. The van der Waals surface area contributed by atoms with Gasteiger partial charge < -0.3 is 10.3 Å². The van der Waals surface area contributed by atoms with Crippen molar-refractivity contribution in [3.05, 3.63) is 84.5 Å². The van der Waals surface area contributed by atoms with Crippen molar-refractivity contribution in [3.8, 4) is 33.2 Å². The highest BCUT2D eigenvalue weighted by atomic mass is 32.1. The maximum atomic E-state index is 15.3. The van der Waals surface area contributed by atoms with Crippen molar-refractivity contribution in [2.24, 2.45) is 5.92 Å². The summed E-state index contributed by atoms with van der Waals surface area (Å²) < 4.78 is 15.3. The Morgan fingerprint density at radius 3 is 2.74 bits per heavy atom. The summed E-state index contributed by atoms with van der Waals surface area (Å²) in [6.07, 6.45) is 7.56. The van der Waals surface area contributed by atoms with E-state index in [4.69, 9.17) is 4.98 Å². The Bertz CT molecular complexity index is 1920. The summed E-state index contributed by atoms with van der Waals surface area (Å²) in [5, 5.41) is 11.2. The predicted molar refractivity (Wildman–Crippen MR) is 156 cm³/mol. The van der Waals surface area contributed by atoms with Gasteiger partial charge in [-0.1, -0.05) is 13.2 Å². The Kier molecular flexibility index (Phi) is 5.41. The molecule has 0 unspecified atom stereocenters. The number of aromatic amines is 2. The van der Waals surface area contributed by atoms with Crippen LogP contribution in [0.15, 0.2) is 73.8 Å². The second kappa shape index (κ2) is 8.99. The molecule has 0 amide bonds. The molecule has 39 heavy (non-hydrogen) atoms. The molecule has 5 aromatic heterocycles. The van der Waals surface area contributed by atoms with Gasteiger partial charge in [0.05, 0.1) is 22.3 Å². The Balaban J connectivity index is 1.30. The molecule has 192 valence electrons. The van der Waals surface area contributed by atoms with E-state index in [1.54, 1.807) is 29.9 Å². The normalized spacial score (nSPS) is 13.3.